The Morgan fingerprint density at radius 3 is 2.71 bits per heavy atom. The van der Waals surface area contributed by atoms with Gasteiger partial charge >= 0.3 is 0 Å². The second-order valence-electron chi connectivity index (χ2n) is 6.23. The van der Waals surface area contributed by atoms with Gasteiger partial charge in [-0.05, 0) is 40.1 Å². The predicted molar refractivity (Wildman–Crippen MR) is 100.0 cm³/mol. The minimum atomic E-state index is 0.706. The number of hydrogen-bond acceptors (Lipinski definition) is 4. The molecule has 0 aliphatic rings. The van der Waals surface area contributed by atoms with Crippen LogP contribution in [0.25, 0.3) is 16.9 Å². The molecular formula is C18H22ClN5. The Hall–Kier alpha value is -2.11. The molecule has 1 aromatic carbocycles. The average molecular weight is 344 g/mol. The molecule has 0 spiro atoms. The first kappa shape index (κ1) is 16.7. The Labute approximate surface area is 147 Å². The molecule has 0 bridgehead atoms. The Morgan fingerprint density at radius 2 is 2.00 bits per heavy atom. The van der Waals surface area contributed by atoms with Crippen LogP contribution in [0.2, 0.25) is 5.02 Å². The third kappa shape index (κ3) is 3.37. The maximum Gasteiger partial charge on any atom is 0.161 e. The highest BCUT2D eigenvalue weighted by atomic mass is 35.5. The van der Waals surface area contributed by atoms with Gasteiger partial charge in [0.25, 0.3) is 0 Å². The van der Waals surface area contributed by atoms with Crippen molar-refractivity contribution in [3.63, 3.8) is 0 Å². The molecule has 3 aromatic rings. The molecule has 2 aromatic heterocycles. The number of anilines is 1. The van der Waals surface area contributed by atoms with E-state index in [9.17, 15) is 0 Å². The molecular weight excluding hydrogens is 322 g/mol. The SMILES string of the molecule is Cc1cc(NCCN(C)C)n2nc(-c3cccc(Cl)c3)c(C)c2n1. The largest absolute Gasteiger partial charge is 0.369 e. The van der Waals surface area contributed by atoms with Crippen molar-refractivity contribution in [3.05, 3.63) is 46.6 Å². The van der Waals surface area contributed by atoms with Crippen molar-refractivity contribution in [1.82, 2.24) is 19.5 Å². The Morgan fingerprint density at radius 1 is 1.21 bits per heavy atom. The first-order chi connectivity index (χ1) is 11.5. The molecule has 0 aliphatic heterocycles. The molecule has 2 heterocycles. The second kappa shape index (κ2) is 6.79. The standard InChI is InChI=1S/C18H22ClN5/c1-12-10-16(20-8-9-23(3)4)24-18(21-12)13(2)17(22-24)14-6-5-7-15(19)11-14/h5-7,10-11,20H,8-9H2,1-4H3. The number of fused-ring (bicyclic) bond motifs is 1. The van der Waals surface area contributed by atoms with Crippen LogP contribution in [0.5, 0.6) is 0 Å². The fourth-order valence-electron chi connectivity index (χ4n) is 2.69. The molecule has 5 nitrogen and oxygen atoms in total. The molecule has 0 aliphatic carbocycles. The number of nitrogens with one attached hydrogen (secondary N) is 1. The van der Waals surface area contributed by atoms with Crippen molar-refractivity contribution in [1.29, 1.82) is 0 Å². The second-order valence-corrected chi connectivity index (χ2v) is 6.67. The van der Waals surface area contributed by atoms with Crippen LogP contribution >= 0.6 is 11.6 Å². The molecule has 1 N–H and O–H groups in total. The smallest absolute Gasteiger partial charge is 0.161 e. The van der Waals surface area contributed by atoms with Crippen LogP contribution in [-0.4, -0.2) is 46.7 Å². The molecule has 3 rings (SSSR count). The topological polar surface area (TPSA) is 45.5 Å². The van der Waals surface area contributed by atoms with Gasteiger partial charge in [-0.3, -0.25) is 0 Å². The van der Waals surface area contributed by atoms with Crippen LogP contribution in [-0.2, 0) is 0 Å². The van der Waals surface area contributed by atoms with E-state index in [1.54, 1.807) is 0 Å². The van der Waals surface area contributed by atoms with Gasteiger partial charge in [0.05, 0.1) is 5.69 Å². The number of nitrogens with zero attached hydrogens (tertiary/aromatic N) is 4. The zero-order chi connectivity index (χ0) is 17.3. The fraction of sp³-hybridized carbons (Fsp3) is 0.333. The lowest BCUT2D eigenvalue weighted by Gasteiger charge is -2.12. The van der Waals surface area contributed by atoms with Gasteiger partial charge in [0.1, 0.15) is 5.82 Å². The third-order valence-electron chi connectivity index (χ3n) is 3.91. The van der Waals surface area contributed by atoms with Gasteiger partial charge in [0.15, 0.2) is 5.65 Å². The van der Waals surface area contributed by atoms with Crippen molar-refractivity contribution < 1.29 is 0 Å². The van der Waals surface area contributed by atoms with Gasteiger partial charge in [-0.25, -0.2) is 4.98 Å². The summed E-state index contributed by atoms with van der Waals surface area (Å²) >= 11 is 6.13. The van der Waals surface area contributed by atoms with Crippen LogP contribution in [0.4, 0.5) is 5.82 Å². The average Bonchev–Trinajstić information content (AvgIpc) is 2.84. The van der Waals surface area contributed by atoms with Gasteiger partial charge in [0, 0.05) is 41.0 Å². The molecule has 0 saturated heterocycles. The molecule has 0 amide bonds. The molecule has 0 radical (unpaired) electrons. The number of rotatable bonds is 5. The highest BCUT2D eigenvalue weighted by Gasteiger charge is 2.15. The Bertz CT molecular complexity index is 869. The van der Waals surface area contributed by atoms with E-state index in [4.69, 9.17) is 16.7 Å². The minimum absolute atomic E-state index is 0.706. The van der Waals surface area contributed by atoms with E-state index >= 15 is 0 Å². The fourth-order valence-corrected chi connectivity index (χ4v) is 2.88. The van der Waals surface area contributed by atoms with Gasteiger partial charge in [-0.15, -0.1) is 0 Å². The summed E-state index contributed by atoms with van der Waals surface area (Å²) in [5.74, 6) is 0.954. The third-order valence-corrected chi connectivity index (χ3v) is 4.15. The van der Waals surface area contributed by atoms with E-state index in [-0.39, 0.29) is 0 Å². The van der Waals surface area contributed by atoms with E-state index in [1.165, 1.54) is 0 Å². The lowest BCUT2D eigenvalue weighted by atomic mass is 10.1. The quantitative estimate of drug-likeness (QED) is 0.768. The maximum atomic E-state index is 6.13. The van der Waals surface area contributed by atoms with Crippen LogP contribution in [0.15, 0.2) is 30.3 Å². The number of benzene rings is 1. The summed E-state index contributed by atoms with van der Waals surface area (Å²) in [5, 5.41) is 8.94. The van der Waals surface area contributed by atoms with Gasteiger partial charge < -0.3 is 10.2 Å². The highest BCUT2D eigenvalue weighted by molar-refractivity contribution is 6.30. The van der Waals surface area contributed by atoms with Crippen LogP contribution in [0, 0.1) is 13.8 Å². The van der Waals surface area contributed by atoms with Crippen LogP contribution < -0.4 is 5.32 Å². The van der Waals surface area contributed by atoms with Crippen molar-refractivity contribution in [2.45, 2.75) is 13.8 Å². The minimum Gasteiger partial charge on any atom is -0.369 e. The zero-order valence-electron chi connectivity index (χ0n) is 14.5. The van der Waals surface area contributed by atoms with Gasteiger partial charge in [0.2, 0.25) is 0 Å². The van der Waals surface area contributed by atoms with Crippen molar-refractivity contribution in [3.8, 4) is 11.3 Å². The predicted octanol–water partition coefficient (Wildman–Crippen LogP) is 3.64. The van der Waals surface area contributed by atoms with Gasteiger partial charge in [-0.1, -0.05) is 23.7 Å². The monoisotopic (exact) mass is 343 g/mol. The summed E-state index contributed by atoms with van der Waals surface area (Å²) in [4.78, 5) is 6.81. The molecule has 24 heavy (non-hydrogen) atoms. The first-order valence-electron chi connectivity index (χ1n) is 7.97. The molecule has 0 fully saturated rings. The molecule has 6 heteroatoms. The highest BCUT2D eigenvalue weighted by Crippen LogP contribution is 2.28. The molecule has 126 valence electrons. The summed E-state index contributed by atoms with van der Waals surface area (Å²) in [6.45, 7) is 5.85. The summed E-state index contributed by atoms with van der Waals surface area (Å²) < 4.78 is 1.88. The molecule has 0 saturated carbocycles. The lowest BCUT2D eigenvalue weighted by molar-refractivity contribution is 0.425. The lowest BCUT2D eigenvalue weighted by Crippen LogP contribution is -2.21. The van der Waals surface area contributed by atoms with Crippen molar-refractivity contribution in [2.24, 2.45) is 0 Å². The summed E-state index contributed by atoms with van der Waals surface area (Å²) in [6.07, 6.45) is 0. The number of halogens is 1. The van der Waals surface area contributed by atoms with Crippen molar-refractivity contribution in [2.75, 3.05) is 32.5 Å². The maximum absolute atomic E-state index is 6.13. The Balaban J connectivity index is 2.06. The normalized spacial score (nSPS) is 11.4. The molecule has 0 unspecified atom stereocenters. The summed E-state index contributed by atoms with van der Waals surface area (Å²) in [7, 11) is 4.12. The van der Waals surface area contributed by atoms with E-state index in [2.05, 4.69) is 36.2 Å². The van der Waals surface area contributed by atoms with E-state index in [1.807, 2.05) is 41.8 Å². The van der Waals surface area contributed by atoms with Crippen LogP contribution in [0.3, 0.4) is 0 Å². The van der Waals surface area contributed by atoms with E-state index in [0.29, 0.717) is 5.02 Å². The van der Waals surface area contributed by atoms with Crippen molar-refractivity contribution >= 4 is 23.1 Å². The summed E-state index contributed by atoms with van der Waals surface area (Å²) in [6, 6.07) is 9.79. The Kier molecular flexibility index (Phi) is 4.73. The van der Waals surface area contributed by atoms with Gasteiger partial charge in [-0.2, -0.15) is 9.61 Å². The number of aryl methyl sites for hydroxylation is 2. The summed E-state index contributed by atoms with van der Waals surface area (Å²) in [5.41, 5.74) is 4.80. The first-order valence-corrected chi connectivity index (χ1v) is 8.35. The van der Waals surface area contributed by atoms with E-state index in [0.717, 1.165) is 47.1 Å². The van der Waals surface area contributed by atoms with Crippen LogP contribution in [0.1, 0.15) is 11.3 Å². The molecule has 0 atom stereocenters. The number of aromatic nitrogens is 3. The zero-order valence-corrected chi connectivity index (χ0v) is 15.2. The number of likely N-dealkylation sites (N-methyl/N-ethyl adjacent to an activating group) is 1. The number of hydrogen-bond donors (Lipinski definition) is 1. The van der Waals surface area contributed by atoms with E-state index < -0.39 is 0 Å².